The summed E-state index contributed by atoms with van der Waals surface area (Å²) in [7, 11) is 0. The summed E-state index contributed by atoms with van der Waals surface area (Å²) in [5, 5.41) is 5.22. The summed E-state index contributed by atoms with van der Waals surface area (Å²) in [6.07, 6.45) is 2.04. The fraction of sp³-hybridized carbons (Fsp3) is 0.286. The Labute approximate surface area is 139 Å². The summed E-state index contributed by atoms with van der Waals surface area (Å²) < 4.78 is 0. The highest BCUT2D eigenvalue weighted by atomic mass is 35.5. The molecule has 114 valence electrons. The van der Waals surface area contributed by atoms with Crippen LogP contribution in [0.2, 0.25) is 0 Å². The van der Waals surface area contributed by atoms with E-state index in [2.05, 4.69) is 22.4 Å². The number of rotatable bonds is 4. The second-order valence-electron chi connectivity index (χ2n) is 4.94. The average molecular weight is 344 g/mol. The van der Waals surface area contributed by atoms with E-state index in [1.807, 2.05) is 23.8 Å². The van der Waals surface area contributed by atoms with Gasteiger partial charge in [-0.05, 0) is 32.2 Å². The van der Waals surface area contributed by atoms with Gasteiger partial charge in [-0.25, -0.2) is 4.98 Å². The van der Waals surface area contributed by atoms with Gasteiger partial charge in [0.05, 0.1) is 11.2 Å². The molecule has 7 heteroatoms. The fourth-order valence-corrected chi connectivity index (χ4v) is 2.61. The van der Waals surface area contributed by atoms with Gasteiger partial charge in [0.2, 0.25) is 5.91 Å². The maximum absolute atomic E-state index is 11.8. The molecular formula is C14H18ClN3OS2. The molecule has 2 aromatic rings. The van der Waals surface area contributed by atoms with Gasteiger partial charge in [-0.1, -0.05) is 12.1 Å². The Kier molecular flexibility index (Phi) is 6.22. The van der Waals surface area contributed by atoms with E-state index in [0.717, 1.165) is 11.3 Å². The van der Waals surface area contributed by atoms with E-state index >= 15 is 0 Å². The molecular weight excluding hydrogens is 326 g/mol. The molecule has 0 atom stereocenters. The van der Waals surface area contributed by atoms with Gasteiger partial charge in [0.25, 0.3) is 0 Å². The minimum atomic E-state index is -0.911. The van der Waals surface area contributed by atoms with Gasteiger partial charge < -0.3 is 11.1 Å². The van der Waals surface area contributed by atoms with Crippen LogP contribution >= 0.6 is 35.5 Å². The van der Waals surface area contributed by atoms with Gasteiger partial charge in [0, 0.05) is 15.8 Å². The van der Waals surface area contributed by atoms with E-state index < -0.39 is 5.54 Å². The Morgan fingerprint density at radius 1 is 1.33 bits per heavy atom. The molecule has 0 fully saturated rings. The number of nitrogens with two attached hydrogens (primary N) is 1. The van der Waals surface area contributed by atoms with Crippen LogP contribution in [-0.4, -0.2) is 22.7 Å². The van der Waals surface area contributed by atoms with Crippen molar-refractivity contribution in [3.63, 3.8) is 0 Å². The first-order valence-electron chi connectivity index (χ1n) is 6.10. The molecule has 0 bridgehead atoms. The summed E-state index contributed by atoms with van der Waals surface area (Å²) in [6.45, 7) is 3.33. The van der Waals surface area contributed by atoms with Crippen molar-refractivity contribution in [2.45, 2.75) is 24.3 Å². The highest BCUT2D eigenvalue weighted by Gasteiger charge is 2.22. The Morgan fingerprint density at radius 2 is 1.95 bits per heavy atom. The molecule has 0 aliphatic heterocycles. The van der Waals surface area contributed by atoms with Gasteiger partial charge in [-0.15, -0.1) is 35.5 Å². The third-order valence-corrected chi connectivity index (χ3v) is 4.20. The number of amides is 1. The molecule has 4 nitrogen and oxygen atoms in total. The molecule has 0 saturated heterocycles. The topological polar surface area (TPSA) is 68.0 Å². The highest BCUT2D eigenvalue weighted by Crippen LogP contribution is 2.27. The molecule has 0 aliphatic rings. The minimum absolute atomic E-state index is 0. The van der Waals surface area contributed by atoms with Crippen LogP contribution in [0.4, 0.5) is 5.13 Å². The lowest BCUT2D eigenvalue weighted by Crippen LogP contribution is -2.45. The molecule has 0 aliphatic carbocycles. The van der Waals surface area contributed by atoms with Gasteiger partial charge in [0.1, 0.15) is 0 Å². The number of carbonyl (C=O) groups is 1. The largest absolute Gasteiger partial charge is 0.318 e. The number of benzene rings is 1. The van der Waals surface area contributed by atoms with E-state index in [0.29, 0.717) is 5.13 Å². The lowest BCUT2D eigenvalue weighted by molar-refractivity contribution is -0.120. The van der Waals surface area contributed by atoms with Crippen molar-refractivity contribution >= 4 is 46.5 Å². The maximum Gasteiger partial charge on any atom is 0.245 e. The number of aromatic nitrogens is 1. The van der Waals surface area contributed by atoms with Crippen LogP contribution in [0.1, 0.15) is 13.8 Å². The Morgan fingerprint density at radius 3 is 2.48 bits per heavy atom. The van der Waals surface area contributed by atoms with E-state index in [4.69, 9.17) is 5.73 Å². The molecule has 0 saturated carbocycles. The summed E-state index contributed by atoms with van der Waals surface area (Å²) in [6, 6.07) is 8.17. The second-order valence-corrected chi connectivity index (χ2v) is 6.68. The zero-order valence-corrected chi connectivity index (χ0v) is 14.5. The van der Waals surface area contributed by atoms with E-state index in [9.17, 15) is 4.79 Å². The maximum atomic E-state index is 11.8. The van der Waals surface area contributed by atoms with Gasteiger partial charge >= 0.3 is 0 Å². The third kappa shape index (κ3) is 4.71. The van der Waals surface area contributed by atoms with Crippen molar-refractivity contribution in [2.24, 2.45) is 5.73 Å². The van der Waals surface area contributed by atoms with Crippen molar-refractivity contribution < 1.29 is 4.79 Å². The van der Waals surface area contributed by atoms with Crippen molar-refractivity contribution in [1.82, 2.24) is 4.98 Å². The molecule has 0 spiro atoms. The van der Waals surface area contributed by atoms with Gasteiger partial charge in [-0.3, -0.25) is 4.79 Å². The number of carbonyl (C=O) groups excluding carboxylic acids is 1. The molecule has 1 aromatic carbocycles. The number of nitrogens with zero attached hydrogens (tertiary/aromatic N) is 1. The normalized spacial score (nSPS) is 10.9. The number of thioether (sulfide) groups is 1. The number of anilines is 1. The van der Waals surface area contributed by atoms with E-state index in [1.165, 1.54) is 16.2 Å². The first-order valence-corrected chi connectivity index (χ1v) is 8.21. The first-order chi connectivity index (χ1) is 9.40. The summed E-state index contributed by atoms with van der Waals surface area (Å²) in [5.74, 6) is -0.240. The molecule has 21 heavy (non-hydrogen) atoms. The number of hydrogen-bond acceptors (Lipinski definition) is 5. The molecule has 1 heterocycles. The predicted molar refractivity (Wildman–Crippen MR) is 93.5 cm³/mol. The predicted octanol–water partition coefficient (Wildman–Crippen LogP) is 3.63. The molecule has 1 aromatic heterocycles. The summed E-state index contributed by atoms with van der Waals surface area (Å²) in [4.78, 5) is 17.4. The van der Waals surface area contributed by atoms with Crippen LogP contribution < -0.4 is 11.1 Å². The zero-order chi connectivity index (χ0) is 14.8. The van der Waals surface area contributed by atoms with Crippen LogP contribution in [0.25, 0.3) is 11.3 Å². The molecule has 2 rings (SSSR count). The molecule has 0 radical (unpaired) electrons. The van der Waals surface area contributed by atoms with Crippen LogP contribution in [0.3, 0.4) is 0 Å². The van der Waals surface area contributed by atoms with E-state index in [-0.39, 0.29) is 18.3 Å². The van der Waals surface area contributed by atoms with Crippen molar-refractivity contribution in [3.8, 4) is 11.3 Å². The van der Waals surface area contributed by atoms with Crippen LogP contribution in [0.15, 0.2) is 34.5 Å². The molecule has 3 N–H and O–H groups in total. The fourth-order valence-electron chi connectivity index (χ4n) is 1.48. The van der Waals surface area contributed by atoms with Crippen LogP contribution in [0, 0.1) is 0 Å². The number of nitrogens with one attached hydrogen (secondary N) is 1. The number of halogens is 1. The van der Waals surface area contributed by atoms with Crippen molar-refractivity contribution in [1.29, 1.82) is 0 Å². The Bertz CT molecular complexity index is 605. The van der Waals surface area contributed by atoms with Crippen molar-refractivity contribution in [2.75, 3.05) is 11.6 Å². The van der Waals surface area contributed by atoms with Gasteiger partial charge in [0.15, 0.2) is 5.13 Å². The SMILES string of the molecule is CSc1ccc(-c2csc(NC(=O)C(C)(C)N)n2)cc1.Cl. The summed E-state index contributed by atoms with van der Waals surface area (Å²) >= 11 is 3.10. The first kappa shape index (κ1) is 18.0. The smallest absolute Gasteiger partial charge is 0.245 e. The number of thiazole rings is 1. The zero-order valence-electron chi connectivity index (χ0n) is 12.0. The number of hydrogen-bond donors (Lipinski definition) is 2. The summed E-state index contributed by atoms with van der Waals surface area (Å²) in [5.41, 5.74) is 6.72. The standard InChI is InChI=1S/C14H17N3OS2.ClH/c1-14(2,15)12(18)17-13-16-11(8-20-13)9-4-6-10(19-3)7-5-9;/h4-8H,15H2,1-3H3,(H,16,17,18);1H. The highest BCUT2D eigenvalue weighted by molar-refractivity contribution is 7.98. The second kappa shape index (κ2) is 7.26. The van der Waals surface area contributed by atoms with Crippen molar-refractivity contribution in [3.05, 3.63) is 29.6 Å². The van der Waals surface area contributed by atoms with Crippen LogP contribution in [0.5, 0.6) is 0 Å². The lowest BCUT2D eigenvalue weighted by Gasteiger charge is -2.16. The quantitative estimate of drug-likeness (QED) is 0.832. The molecule has 0 unspecified atom stereocenters. The van der Waals surface area contributed by atoms with Crippen LogP contribution in [-0.2, 0) is 4.79 Å². The molecule has 1 amide bonds. The Hall–Kier alpha value is -1.08. The van der Waals surface area contributed by atoms with E-state index in [1.54, 1.807) is 25.6 Å². The average Bonchev–Trinajstić information content (AvgIpc) is 2.86. The third-order valence-electron chi connectivity index (χ3n) is 2.70. The Balaban J connectivity index is 0.00000220. The monoisotopic (exact) mass is 343 g/mol. The minimum Gasteiger partial charge on any atom is -0.318 e. The van der Waals surface area contributed by atoms with Gasteiger partial charge in [-0.2, -0.15) is 0 Å². The lowest BCUT2D eigenvalue weighted by atomic mass is 10.1.